The predicted molar refractivity (Wildman–Crippen MR) is 80.1 cm³/mol. The second kappa shape index (κ2) is 6.74. The van der Waals surface area contributed by atoms with Gasteiger partial charge in [0.05, 0.1) is 18.4 Å². The van der Waals surface area contributed by atoms with Crippen LogP contribution in [-0.2, 0) is 11.2 Å². The fourth-order valence-electron chi connectivity index (χ4n) is 2.03. The molecule has 1 aromatic carbocycles. The van der Waals surface area contributed by atoms with E-state index in [-0.39, 0.29) is 18.4 Å². The first-order valence-corrected chi connectivity index (χ1v) is 6.77. The third-order valence-corrected chi connectivity index (χ3v) is 3.17. The molecular formula is C16H18N2O3. The largest absolute Gasteiger partial charge is 0.472 e. The number of aryl methyl sites for hydroxylation is 1. The Morgan fingerprint density at radius 1 is 1.24 bits per heavy atom. The molecule has 0 bridgehead atoms. The van der Waals surface area contributed by atoms with Gasteiger partial charge >= 0.3 is 0 Å². The van der Waals surface area contributed by atoms with Gasteiger partial charge < -0.3 is 14.6 Å². The molecule has 0 spiro atoms. The molecule has 2 amide bonds. The predicted octanol–water partition coefficient (Wildman–Crippen LogP) is 2.55. The normalized spacial score (nSPS) is 10.2. The van der Waals surface area contributed by atoms with Crippen molar-refractivity contribution in [1.82, 2.24) is 4.90 Å². The lowest BCUT2D eigenvalue weighted by atomic mass is 10.1. The Labute approximate surface area is 123 Å². The molecule has 5 nitrogen and oxygen atoms in total. The summed E-state index contributed by atoms with van der Waals surface area (Å²) in [5.74, 6) is -0.474. The van der Waals surface area contributed by atoms with Crippen LogP contribution in [0.2, 0.25) is 0 Å². The Morgan fingerprint density at radius 2 is 2.00 bits per heavy atom. The highest BCUT2D eigenvalue weighted by atomic mass is 16.3. The van der Waals surface area contributed by atoms with Crippen LogP contribution in [0.5, 0.6) is 0 Å². The minimum Gasteiger partial charge on any atom is -0.472 e. The van der Waals surface area contributed by atoms with Crippen LogP contribution in [-0.4, -0.2) is 30.3 Å². The van der Waals surface area contributed by atoms with Crippen molar-refractivity contribution in [2.75, 3.05) is 18.9 Å². The fourth-order valence-corrected chi connectivity index (χ4v) is 2.03. The van der Waals surface area contributed by atoms with Gasteiger partial charge in [-0.15, -0.1) is 0 Å². The zero-order valence-electron chi connectivity index (χ0n) is 12.1. The molecule has 0 aliphatic heterocycles. The van der Waals surface area contributed by atoms with Gasteiger partial charge in [-0.2, -0.15) is 0 Å². The van der Waals surface area contributed by atoms with Crippen LogP contribution >= 0.6 is 0 Å². The number of nitrogens with one attached hydrogen (secondary N) is 1. The molecule has 5 heteroatoms. The van der Waals surface area contributed by atoms with Crippen LogP contribution in [0.4, 0.5) is 5.69 Å². The zero-order chi connectivity index (χ0) is 15.2. The van der Waals surface area contributed by atoms with E-state index in [4.69, 9.17) is 4.42 Å². The van der Waals surface area contributed by atoms with E-state index in [9.17, 15) is 9.59 Å². The summed E-state index contributed by atoms with van der Waals surface area (Å²) < 4.78 is 4.87. The number of carbonyl (C=O) groups excluding carboxylic acids is 2. The number of nitrogens with zero attached hydrogens (tertiary/aromatic N) is 1. The summed E-state index contributed by atoms with van der Waals surface area (Å²) in [6.07, 6.45) is 3.63. The summed E-state index contributed by atoms with van der Waals surface area (Å²) in [6.45, 7) is 2.02. The number of amides is 2. The Hall–Kier alpha value is -2.56. The third kappa shape index (κ3) is 3.72. The van der Waals surface area contributed by atoms with Crippen molar-refractivity contribution in [3.63, 3.8) is 0 Å². The minimum atomic E-state index is -0.248. The Kier molecular flexibility index (Phi) is 4.77. The second-order valence-corrected chi connectivity index (χ2v) is 4.73. The van der Waals surface area contributed by atoms with Crippen LogP contribution in [0.15, 0.2) is 47.3 Å². The molecule has 0 aliphatic rings. The van der Waals surface area contributed by atoms with Crippen molar-refractivity contribution in [1.29, 1.82) is 0 Å². The molecule has 21 heavy (non-hydrogen) atoms. The molecule has 0 unspecified atom stereocenters. The van der Waals surface area contributed by atoms with Crippen LogP contribution in [0.3, 0.4) is 0 Å². The molecule has 0 aliphatic carbocycles. The second-order valence-electron chi connectivity index (χ2n) is 4.73. The number of benzene rings is 1. The molecule has 0 saturated carbocycles. The van der Waals surface area contributed by atoms with Crippen molar-refractivity contribution < 1.29 is 14.0 Å². The van der Waals surface area contributed by atoms with Gasteiger partial charge in [-0.1, -0.05) is 25.1 Å². The van der Waals surface area contributed by atoms with Crippen molar-refractivity contribution in [2.45, 2.75) is 13.3 Å². The lowest BCUT2D eigenvalue weighted by Crippen LogP contribution is -2.34. The summed E-state index contributed by atoms with van der Waals surface area (Å²) in [7, 11) is 1.58. The number of anilines is 1. The van der Waals surface area contributed by atoms with Gasteiger partial charge in [-0.3, -0.25) is 9.59 Å². The average molecular weight is 286 g/mol. The highest BCUT2D eigenvalue weighted by Gasteiger charge is 2.16. The molecule has 1 aromatic heterocycles. The van der Waals surface area contributed by atoms with Gasteiger partial charge in [-0.25, -0.2) is 0 Å². The van der Waals surface area contributed by atoms with Crippen molar-refractivity contribution in [2.24, 2.45) is 0 Å². The summed E-state index contributed by atoms with van der Waals surface area (Å²) in [6, 6.07) is 9.20. The monoisotopic (exact) mass is 286 g/mol. The van der Waals surface area contributed by atoms with Gasteiger partial charge in [0.2, 0.25) is 5.91 Å². The average Bonchev–Trinajstić information content (AvgIpc) is 3.01. The maximum Gasteiger partial charge on any atom is 0.257 e. The number of furan rings is 1. The maximum atomic E-state index is 12.0. The number of hydrogen-bond donors (Lipinski definition) is 1. The summed E-state index contributed by atoms with van der Waals surface area (Å²) in [5, 5.41) is 2.84. The first-order chi connectivity index (χ1) is 10.1. The van der Waals surface area contributed by atoms with Gasteiger partial charge in [0.15, 0.2) is 0 Å². The highest BCUT2D eigenvalue weighted by Crippen LogP contribution is 2.15. The molecular weight excluding hydrogens is 268 g/mol. The van der Waals surface area contributed by atoms with Crippen LogP contribution in [0.25, 0.3) is 0 Å². The summed E-state index contributed by atoms with van der Waals surface area (Å²) in [5.41, 5.74) is 2.28. The van der Waals surface area contributed by atoms with Gasteiger partial charge in [0.25, 0.3) is 5.91 Å². The van der Waals surface area contributed by atoms with Gasteiger partial charge in [-0.05, 0) is 24.1 Å². The number of para-hydroxylation sites is 1. The summed E-state index contributed by atoms with van der Waals surface area (Å²) in [4.78, 5) is 25.4. The summed E-state index contributed by atoms with van der Waals surface area (Å²) >= 11 is 0. The first kappa shape index (κ1) is 14.8. The Balaban J connectivity index is 1.97. The smallest absolute Gasteiger partial charge is 0.257 e. The van der Waals surface area contributed by atoms with Crippen LogP contribution in [0, 0.1) is 0 Å². The molecule has 1 heterocycles. The van der Waals surface area contributed by atoms with Crippen molar-refractivity contribution in [3.05, 3.63) is 54.0 Å². The van der Waals surface area contributed by atoms with Gasteiger partial charge in [0.1, 0.15) is 6.26 Å². The molecule has 0 fully saturated rings. The molecule has 0 radical (unpaired) electrons. The van der Waals surface area contributed by atoms with E-state index in [0.29, 0.717) is 5.56 Å². The number of rotatable bonds is 5. The molecule has 0 saturated heterocycles. The quantitative estimate of drug-likeness (QED) is 0.918. The third-order valence-electron chi connectivity index (χ3n) is 3.17. The Bertz CT molecular complexity index is 620. The molecule has 110 valence electrons. The number of likely N-dealkylation sites (N-methyl/N-ethyl adjacent to an activating group) is 1. The number of hydrogen-bond acceptors (Lipinski definition) is 3. The van der Waals surface area contributed by atoms with Crippen molar-refractivity contribution in [3.8, 4) is 0 Å². The molecule has 1 N–H and O–H groups in total. The highest BCUT2D eigenvalue weighted by molar-refractivity contribution is 5.99. The Morgan fingerprint density at radius 3 is 2.67 bits per heavy atom. The van der Waals surface area contributed by atoms with E-state index >= 15 is 0 Å². The van der Waals surface area contributed by atoms with E-state index in [1.54, 1.807) is 13.1 Å². The van der Waals surface area contributed by atoms with Crippen LogP contribution < -0.4 is 5.32 Å². The molecule has 0 atom stereocenters. The SMILES string of the molecule is CCc1ccccc1NC(=O)CN(C)C(=O)c1ccoc1. The minimum absolute atomic E-state index is 0.0118. The molecule has 2 aromatic rings. The number of carbonyl (C=O) groups is 2. The zero-order valence-corrected chi connectivity index (χ0v) is 12.1. The van der Waals surface area contributed by atoms with Crippen LogP contribution in [0.1, 0.15) is 22.8 Å². The first-order valence-electron chi connectivity index (χ1n) is 6.77. The van der Waals surface area contributed by atoms with E-state index in [1.807, 2.05) is 31.2 Å². The maximum absolute atomic E-state index is 12.0. The lowest BCUT2D eigenvalue weighted by molar-refractivity contribution is -0.116. The standard InChI is InChI=1S/C16H18N2O3/c1-3-12-6-4-5-7-14(12)17-15(19)10-18(2)16(20)13-8-9-21-11-13/h4-9,11H,3,10H2,1-2H3,(H,17,19). The van der Waals surface area contributed by atoms with Crippen molar-refractivity contribution >= 4 is 17.5 Å². The lowest BCUT2D eigenvalue weighted by Gasteiger charge is -2.16. The van der Waals surface area contributed by atoms with Gasteiger partial charge in [0, 0.05) is 12.7 Å². The van der Waals surface area contributed by atoms with E-state index in [2.05, 4.69) is 5.32 Å². The molecule has 2 rings (SSSR count). The topological polar surface area (TPSA) is 62.6 Å². The van der Waals surface area contributed by atoms with E-state index in [1.165, 1.54) is 17.4 Å². The van der Waals surface area contributed by atoms with E-state index < -0.39 is 0 Å². The van der Waals surface area contributed by atoms with E-state index in [0.717, 1.165) is 17.7 Å². The fraction of sp³-hybridized carbons (Fsp3) is 0.250.